The Balaban J connectivity index is 1.60. The van der Waals surface area contributed by atoms with Crippen molar-refractivity contribution in [2.45, 2.75) is 69.2 Å². The molecular weight excluding hydrogens is 334 g/mol. The molecule has 3 rings (SSSR count). The highest BCUT2D eigenvalue weighted by molar-refractivity contribution is 7.91. The van der Waals surface area contributed by atoms with Gasteiger partial charge in [-0.05, 0) is 50.7 Å². The molecule has 1 saturated heterocycles. The molecule has 1 aliphatic carbocycles. The van der Waals surface area contributed by atoms with E-state index in [1.165, 1.54) is 32.1 Å². The van der Waals surface area contributed by atoms with Crippen molar-refractivity contribution < 1.29 is 13.2 Å². The van der Waals surface area contributed by atoms with Crippen molar-refractivity contribution >= 4 is 15.7 Å². The molecule has 5 heteroatoms. The van der Waals surface area contributed by atoms with Gasteiger partial charge in [0.05, 0.1) is 10.6 Å². The van der Waals surface area contributed by atoms with Crippen molar-refractivity contribution in [1.82, 2.24) is 4.90 Å². The third-order valence-corrected chi connectivity index (χ3v) is 7.51. The van der Waals surface area contributed by atoms with Crippen LogP contribution >= 0.6 is 0 Å². The summed E-state index contributed by atoms with van der Waals surface area (Å²) in [6.45, 7) is 2.73. The Morgan fingerprint density at radius 3 is 2.40 bits per heavy atom. The van der Waals surface area contributed by atoms with Crippen molar-refractivity contribution in [2.24, 2.45) is 5.92 Å². The highest BCUT2D eigenvalue weighted by atomic mass is 32.2. The van der Waals surface area contributed by atoms with Crippen LogP contribution in [0.1, 0.15) is 56.9 Å². The van der Waals surface area contributed by atoms with Crippen molar-refractivity contribution in [3.8, 4) is 0 Å². The minimum Gasteiger partial charge on any atom is -0.339 e. The molecule has 0 spiro atoms. The maximum atomic E-state index is 12.7. The Kier molecular flexibility index (Phi) is 5.82. The lowest BCUT2D eigenvalue weighted by molar-refractivity contribution is -0.132. The molecule has 1 heterocycles. The van der Waals surface area contributed by atoms with E-state index in [1.54, 1.807) is 24.3 Å². The predicted octanol–water partition coefficient (Wildman–Crippen LogP) is 3.73. The van der Waals surface area contributed by atoms with Gasteiger partial charge in [-0.25, -0.2) is 8.42 Å². The molecular formula is C20H29NO3S. The Hall–Kier alpha value is -1.36. The number of hydrogen-bond donors (Lipinski definition) is 0. The first-order chi connectivity index (χ1) is 12.0. The zero-order valence-corrected chi connectivity index (χ0v) is 15.9. The van der Waals surface area contributed by atoms with Crippen molar-refractivity contribution in [1.29, 1.82) is 0 Å². The van der Waals surface area contributed by atoms with Gasteiger partial charge in [0.2, 0.25) is 5.91 Å². The third-order valence-electron chi connectivity index (χ3n) is 5.78. The van der Waals surface area contributed by atoms with Crippen LogP contribution in [0.2, 0.25) is 0 Å². The monoisotopic (exact) mass is 363 g/mol. The van der Waals surface area contributed by atoms with E-state index in [1.807, 2.05) is 11.8 Å². The predicted molar refractivity (Wildman–Crippen MR) is 99.2 cm³/mol. The number of rotatable bonds is 5. The van der Waals surface area contributed by atoms with Crippen LogP contribution < -0.4 is 0 Å². The summed E-state index contributed by atoms with van der Waals surface area (Å²) in [6.07, 6.45) is 8.52. The molecule has 0 unspecified atom stereocenters. The first-order valence-electron chi connectivity index (χ1n) is 9.56. The Bertz CT molecular complexity index is 690. The summed E-state index contributed by atoms with van der Waals surface area (Å²) in [5, 5.41) is 0. The molecule has 0 N–H and O–H groups in total. The quantitative estimate of drug-likeness (QED) is 0.801. The molecule has 1 atom stereocenters. The number of hydrogen-bond acceptors (Lipinski definition) is 3. The van der Waals surface area contributed by atoms with Crippen molar-refractivity contribution in [3.05, 3.63) is 29.8 Å². The standard InChI is InChI=1S/C20H29NO3S/c1-16-9-11-18(12-10-16)25(23,24)15-13-20(22)21-14-5-8-19(21)17-6-3-2-4-7-17/h9-12,17,19H,2-8,13-15H2,1H3/t19-/m1/s1. The fourth-order valence-corrected chi connectivity index (χ4v) is 5.57. The fourth-order valence-electron chi connectivity index (χ4n) is 4.34. The maximum absolute atomic E-state index is 12.7. The number of amides is 1. The lowest BCUT2D eigenvalue weighted by Crippen LogP contribution is -2.41. The van der Waals surface area contributed by atoms with Gasteiger partial charge in [-0.15, -0.1) is 0 Å². The minimum absolute atomic E-state index is 0.0174. The van der Waals surface area contributed by atoms with Gasteiger partial charge in [0.25, 0.3) is 0 Å². The summed E-state index contributed by atoms with van der Waals surface area (Å²) in [7, 11) is -3.39. The van der Waals surface area contributed by atoms with Gasteiger partial charge < -0.3 is 4.90 Å². The summed E-state index contributed by atoms with van der Waals surface area (Å²) >= 11 is 0. The third kappa shape index (κ3) is 4.43. The largest absolute Gasteiger partial charge is 0.339 e. The number of sulfone groups is 1. The smallest absolute Gasteiger partial charge is 0.223 e. The van der Waals surface area contributed by atoms with Gasteiger partial charge in [0.15, 0.2) is 9.84 Å². The first kappa shape index (κ1) is 18.4. The second-order valence-electron chi connectivity index (χ2n) is 7.58. The molecule has 1 saturated carbocycles. The summed E-state index contributed by atoms with van der Waals surface area (Å²) < 4.78 is 25.0. The van der Waals surface area contributed by atoms with Crippen molar-refractivity contribution in [3.63, 3.8) is 0 Å². The average molecular weight is 364 g/mol. The van der Waals surface area contributed by atoms with Gasteiger partial charge in [-0.3, -0.25) is 4.79 Å². The molecule has 1 amide bonds. The molecule has 0 aromatic heterocycles. The van der Waals surface area contributed by atoms with E-state index in [0.717, 1.165) is 24.9 Å². The SMILES string of the molecule is Cc1ccc(S(=O)(=O)CCC(=O)N2CCC[C@@H]2C2CCCCC2)cc1. The minimum atomic E-state index is -3.39. The van der Waals surface area contributed by atoms with E-state index >= 15 is 0 Å². The van der Waals surface area contributed by atoms with Crippen LogP contribution in [0.5, 0.6) is 0 Å². The number of carbonyl (C=O) groups is 1. The lowest BCUT2D eigenvalue weighted by Gasteiger charge is -2.34. The molecule has 1 aromatic carbocycles. The summed E-state index contributed by atoms with van der Waals surface area (Å²) in [6, 6.07) is 7.21. The molecule has 0 bridgehead atoms. The molecule has 4 nitrogen and oxygen atoms in total. The van der Waals surface area contributed by atoms with Crippen LogP contribution in [-0.2, 0) is 14.6 Å². The van der Waals surface area contributed by atoms with Crippen molar-refractivity contribution in [2.75, 3.05) is 12.3 Å². The number of aryl methyl sites for hydroxylation is 1. The summed E-state index contributed by atoms with van der Waals surface area (Å²) in [5.74, 6) is 0.542. The van der Waals surface area contributed by atoms with E-state index < -0.39 is 9.84 Å². The number of benzene rings is 1. The van der Waals surface area contributed by atoms with Gasteiger partial charge in [0.1, 0.15) is 0 Å². The normalized spacial score (nSPS) is 22.3. The molecule has 0 radical (unpaired) electrons. The number of likely N-dealkylation sites (tertiary alicyclic amines) is 1. The first-order valence-corrected chi connectivity index (χ1v) is 11.2. The van der Waals surface area contributed by atoms with E-state index in [9.17, 15) is 13.2 Å². The zero-order valence-electron chi connectivity index (χ0n) is 15.1. The van der Waals surface area contributed by atoms with Crippen LogP contribution in [0, 0.1) is 12.8 Å². The van der Waals surface area contributed by atoms with Crippen LogP contribution in [-0.4, -0.2) is 37.6 Å². The Morgan fingerprint density at radius 1 is 1.04 bits per heavy atom. The number of nitrogens with zero attached hydrogens (tertiary/aromatic N) is 1. The van der Waals surface area contributed by atoms with Crippen LogP contribution in [0.3, 0.4) is 0 Å². The van der Waals surface area contributed by atoms with Crippen LogP contribution in [0.25, 0.3) is 0 Å². The summed E-state index contributed by atoms with van der Waals surface area (Å²) in [4.78, 5) is 15.0. The lowest BCUT2D eigenvalue weighted by atomic mass is 9.83. The van der Waals surface area contributed by atoms with Gasteiger partial charge >= 0.3 is 0 Å². The van der Waals surface area contributed by atoms with E-state index in [4.69, 9.17) is 0 Å². The maximum Gasteiger partial charge on any atom is 0.223 e. The zero-order chi connectivity index (χ0) is 17.9. The second kappa shape index (κ2) is 7.90. The molecule has 2 fully saturated rings. The van der Waals surface area contributed by atoms with E-state index in [2.05, 4.69) is 0 Å². The fraction of sp³-hybridized carbons (Fsp3) is 0.650. The molecule has 1 aromatic rings. The highest BCUT2D eigenvalue weighted by Crippen LogP contribution is 2.34. The molecule has 2 aliphatic rings. The topological polar surface area (TPSA) is 54.5 Å². The molecule has 1 aliphatic heterocycles. The Morgan fingerprint density at radius 2 is 1.72 bits per heavy atom. The van der Waals surface area contributed by atoms with Crippen LogP contribution in [0.4, 0.5) is 0 Å². The molecule has 138 valence electrons. The average Bonchev–Trinajstić information content (AvgIpc) is 3.11. The highest BCUT2D eigenvalue weighted by Gasteiger charge is 2.35. The second-order valence-corrected chi connectivity index (χ2v) is 9.69. The van der Waals surface area contributed by atoms with Gasteiger partial charge in [-0.1, -0.05) is 37.0 Å². The van der Waals surface area contributed by atoms with E-state index in [0.29, 0.717) is 16.9 Å². The molecule has 25 heavy (non-hydrogen) atoms. The van der Waals surface area contributed by atoms with Gasteiger partial charge in [0, 0.05) is 19.0 Å². The number of carbonyl (C=O) groups excluding carboxylic acids is 1. The Labute approximate surface area is 151 Å². The van der Waals surface area contributed by atoms with Gasteiger partial charge in [-0.2, -0.15) is 0 Å². The summed E-state index contributed by atoms with van der Waals surface area (Å²) in [5.41, 5.74) is 1.03. The van der Waals surface area contributed by atoms with Crippen LogP contribution in [0.15, 0.2) is 29.2 Å². The van der Waals surface area contributed by atoms with E-state index in [-0.39, 0.29) is 18.1 Å².